The highest BCUT2D eigenvalue weighted by molar-refractivity contribution is 5.95. The number of urea groups is 1. The smallest absolute Gasteiger partial charge is 0.320 e. The number of hydrogen-bond donors (Lipinski definition) is 3. The molecule has 0 bridgehead atoms. The Hall–Kier alpha value is -2.08. The molecule has 1 saturated heterocycles. The van der Waals surface area contributed by atoms with Gasteiger partial charge in [-0.15, -0.1) is 0 Å². The summed E-state index contributed by atoms with van der Waals surface area (Å²) >= 11 is 0. The summed E-state index contributed by atoms with van der Waals surface area (Å²) in [6.07, 6.45) is 0.999. The minimum absolute atomic E-state index is 0.0423. The first-order valence-corrected chi connectivity index (χ1v) is 8.00. The number of nitrogens with zero attached hydrogens (tertiary/aromatic N) is 1. The molecule has 3 N–H and O–H groups in total. The van der Waals surface area contributed by atoms with Crippen molar-refractivity contribution < 1.29 is 9.59 Å². The number of rotatable bonds is 5. The first kappa shape index (κ1) is 17.3. The number of anilines is 1. The third-order valence-corrected chi connectivity index (χ3v) is 4.06. The Morgan fingerprint density at radius 1 is 1.26 bits per heavy atom. The Labute approximate surface area is 137 Å². The van der Waals surface area contributed by atoms with Gasteiger partial charge >= 0.3 is 6.03 Å². The molecule has 1 heterocycles. The second kappa shape index (κ2) is 7.46. The van der Waals surface area contributed by atoms with Crippen molar-refractivity contribution in [2.24, 2.45) is 5.92 Å². The van der Waals surface area contributed by atoms with Gasteiger partial charge in [-0.3, -0.25) is 4.79 Å². The fraction of sp³-hybridized carbons (Fsp3) is 0.529. The van der Waals surface area contributed by atoms with E-state index in [1.165, 1.54) is 0 Å². The van der Waals surface area contributed by atoms with E-state index in [1.54, 1.807) is 26.0 Å². The molecule has 23 heavy (non-hydrogen) atoms. The van der Waals surface area contributed by atoms with Crippen molar-refractivity contribution in [2.45, 2.75) is 25.8 Å². The van der Waals surface area contributed by atoms with E-state index >= 15 is 0 Å². The zero-order valence-corrected chi connectivity index (χ0v) is 14.1. The van der Waals surface area contributed by atoms with Crippen LogP contribution in [0.15, 0.2) is 30.3 Å². The van der Waals surface area contributed by atoms with Gasteiger partial charge in [0.2, 0.25) is 5.91 Å². The molecule has 3 amide bonds. The van der Waals surface area contributed by atoms with Gasteiger partial charge < -0.3 is 20.9 Å². The van der Waals surface area contributed by atoms with Crippen LogP contribution in [0.5, 0.6) is 0 Å². The van der Waals surface area contributed by atoms with Crippen LogP contribution in [0.1, 0.15) is 20.3 Å². The topological polar surface area (TPSA) is 73.5 Å². The largest absolute Gasteiger partial charge is 0.340 e. The van der Waals surface area contributed by atoms with Crippen molar-refractivity contribution in [2.75, 3.05) is 32.0 Å². The molecule has 1 aromatic carbocycles. The minimum Gasteiger partial charge on any atom is -0.340 e. The van der Waals surface area contributed by atoms with Crippen molar-refractivity contribution in [1.29, 1.82) is 0 Å². The van der Waals surface area contributed by atoms with Gasteiger partial charge in [0, 0.05) is 18.8 Å². The maximum atomic E-state index is 12.7. The van der Waals surface area contributed by atoms with Gasteiger partial charge in [-0.05, 0) is 51.9 Å². The standard InChI is InChI=1S/C17H26N4O2/c1-17(2,15(22)21-10-9-13(12-21)11-18-3)20-16(23)19-14-7-5-4-6-8-14/h4-8,13,18H,9-12H2,1-3H3,(H2,19,20,23). The van der Waals surface area contributed by atoms with E-state index in [0.717, 1.165) is 26.1 Å². The molecule has 1 aliphatic rings. The summed E-state index contributed by atoms with van der Waals surface area (Å²) < 4.78 is 0. The summed E-state index contributed by atoms with van der Waals surface area (Å²) in [4.78, 5) is 26.6. The Morgan fingerprint density at radius 2 is 1.96 bits per heavy atom. The predicted octanol–water partition coefficient (Wildman–Crippen LogP) is 1.65. The number of likely N-dealkylation sites (tertiary alicyclic amines) is 1. The van der Waals surface area contributed by atoms with Crippen molar-refractivity contribution in [3.8, 4) is 0 Å². The van der Waals surface area contributed by atoms with Gasteiger partial charge in [0.1, 0.15) is 5.54 Å². The highest BCUT2D eigenvalue weighted by Crippen LogP contribution is 2.19. The van der Waals surface area contributed by atoms with Crippen LogP contribution < -0.4 is 16.0 Å². The van der Waals surface area contributed by atoms with Crippen LogP contribution in [-0.4, -0.2) is 49.1 Å². The second-order valence-corrected chi connectivity index (χ2v) is 6.53. The second-order valence-electron chi connectivity index (χ2n) is 6.53. The maximum absolute atomic E-state index is 12.7. The molecule has 6 heteroatoms. The third kappa shape index (κ3) is 4.69. The molecular weight excluding hydrogens is 292 g/mol. The molecule has 1 aromatic rings. The number of para-hydroxylation sites is 1. The number of nitrogens with one attached hydrogen (secondary N) is 3. The van der Waals surface area contributed by atoms with Crippen LogP contribution in [0.3, 0.4) is 0 Å². The van der Waals surface area contributed by atoms with Gasteiger partial charge in [-0.25, -0.2) is 4.79 Å². The number of carbonyl (C=O) groups is 2. The Morgan fingerprint density at radius 3 is 2.61 bits per heavy atom. The first-order valence-electron chi connectivity index (χ1n) is 8.00. The zero-order valence-electron chi connectivity index (χ0n) is 14.1. The summed E-state index contributed by atoms with van der Waals surface area (Å²) in [6.45, 7) is 5.88. The molecule has 0 saturated carbocycles. The van der Waals surface area contributed by atoms with Gasteiger partial charge in [-0.1, -0.05) is 18.2 Å². The predicted molar refractivity (Wildman–Crippen MR) is 91.3 cm³/mol. The lowest BCUT2D eigenvalue weighted by Crippen LogP contribution is -2.56. The molecule has 0 spiro atoms. The molecule has 0 aromatic heterocycles. The average Bonchev–Trinajstić information content (AvgIpc) is 2.95. The molecule has 1 fully saturated rings. The Bertz CT molecular complexity index is 545. The van der Waals surface area contributed by atoms with Crippen LogP contribution in [0.4, 0.5) is 10.5 Å². The van der Waals surface area contributed by atoms with Gasteiger partial charge in [0.25, 0.3) is 0 Å². The highest BCUT2D eigenvalue weighted by Gasteiger charge is 2.36. The molecule has 1 atom stereocenters. The Kier molecular flexibility index (Phi) is 5.60. The van der Waals surface area contributed by atoms with E-state index in [9.17, 15) is 9.59 Å². The summed E-state index contributed by atoms with van der Waals surface area (Å²) in [5.74, 6) is 0.442. The van der Waals surface area contributed by atoms with Gasteiger partial charge in [0.15, 0.2) is 0 Å². The van der Waals surface area contributed by atoms with Crippen LogP contribution in [0.25, 0.3) is 0 Å². The van der Waals surface area contributed by atoms with Crippen LogP contribution in [-0.2, 0) is 4.79 Å². The quantitative estimate of drug-likeness (QED) is 0.773. The summed E-state index contributed by atoms with van der Waals surface area (Å²) in [7, 11) is 1.92. The van der Waals surface area contributed by atoms with Crippen molar-refractivity contribution in [3.05, 3.63) is 30.3 Å². The minimum atomic E-state index is -0.937. The molecule has 0 aliphatic carbocycles. The SMILES string of the molecule is CNCC1CCN(C(=O)C(C)(C)NC(=O)Nc2ccccc2)C1. The fourth-order valence-electron chi connectivity index (χ4n) is 2.89. The molecular formula is C17H26N4O2. The lowest BCUT2D eigenvalue weighted by atomic mass is 10.0. The highest BCUT2D eigenvalue weighted by atomic mass is 16.2. The van der Waals surface area contributed by atoms with E-state index in [-0.39, 0.29) is 11.9 Å². The van der Waals surface area contributed by atoms with E-state index in [1.807, 2.05) is 30.1 Å². The monoisotopic (exact) mass is 318 g/mol. The summed E-state index contributed by atoms with van der Waals surface area (Å²) in [5, 5.41) is 8.66. The molecule has 6 nitrogen and oxygen atoms in total. The van der Waals surface area contributed by atoms with Crippen molar-refractivity contribution in [1.82, 2.24) is 15.5 Å². The normalized spacial score (nSPS) is 17.9. The molecule has 2 rings (SSSR count). The van der Waals surface area contributed by atoms with Crippen LogP contribution in [0.2, 0.25) is 0 Å². The van der Waals surface area contributed by atoms with Crippen LogP contribution in [0, 0.1) is 5.92 Å². The third-order valence-electron chi connectivity index (χ3n) is 4.06. The molecule has 1 aliphatic heterocycles. The van der Waals surface area contributed by atoms with Crippen LogP contribution >= 0.6 is 0 Å². The van der Waals surface area contributed by atoms with Crippen molar-refractivity contribution >= 4 is 17.6 Å². The molecule has 126 valence electrons. The fourth-order valence-corrected chi connectivity index (χ4v) is 2.89. The average molecular weight is 318 g/mol. The first-order chi connectivity index (χ1) is 10.9. The molecule has 1 unspecified atom stereocenters. The zero-order chi connectivity index (χ0) is 16.9. The van der Waals surface area contributed by atoms with E-state index in [4.69, 9.17) is 0 Å². The van der Waals surface area contributed by atoms with Gasteiger partial charge in [0.05, 0.1) is 0 Å². The van der Waals surface area contributed by atoms with E-state index in [2.05, 4.69) is 16.0 Å². The van der Waals surface area contributed by atoms with Crippen molar-refractivity contribution in [3.63, 3.8) is 0 Å². The molecule has 0 radical (unpaired) electrons. The Balaban J connectivity index is 1.90. The lowest BCUT2D eigenvalue weighted by molar-refractivity contribution is -0.135. The maximum Gasteiger partial charge on any atom is 0.320 e. The van der Waals surface area contributed by atoms with Gasteiger partial charge in [-0.2, -0.15) is 0 Å². The number of amides is 3. The van der Waals surface area contributed by atoms with E-state index < -0.39 is 5.54 Å². The number of hydrogen-bond acceptors (Lipinski definition) is 3. The number of carbonyl (C=O) groups excluding carboxylic acids is 2. The summed E-state index contributed by atoms with van der Waals surface area (Å²) in [5.41, 5.74) is -0.239. The lowest BCUT2D eigenvalue weighted by Gasteiger charge is -2.30. The van der Waals surface area contributed by atoms with E-state index in [0.29, 0.717) is 11.6 Å². The number of benzene rings is 1. The summed E-state index contributed by atoms with van der Waals surface area (Å²) in [6, 6.07) is 8.80.